The first-order valence-corrected chi connectivity index (χ1v) is 11.0. The molecule has 156 valence electrons. The van der Waals surface area contributed by atoms with Crippen LogP contribution >= 0.6 is 0 Å². The predicted octanol–water partition coefficient (Wildman–Crippen LogP) is 3.57. The van der Waals surface area contributed by atoms with Gasteiger partial charge in [0.15, 0.2) is 0 Å². The van der Waals surface area contributed by atoms with E-state index in [4.69, 9.17) is 4.74 Å². The van der Waals surface area contributed by atoms with Gasteiger partial charge >= 0.3 is 0 Å². The SMILES string of the molecule is COc1ccc(S(=O)(=O)N(CCc2ccccc2)CC(=O)Nc2ccccc2)cc1. The number of sulfonamides is 1. The average Bonchev–Trinajstić information content (AvgIpc) is 2.78. The van der Waals surface area contributed by atoms with E-state index in [-0.39, 0.29) is 18.0 Å². The molecule has 0 saturated heterocycles. The fraction of sp³-hybridized carbons (Fsp3) is 0.174. The van der Waals surface area contributed by atoms with Crippen molar-refractivity contribution in [2.45, 2.75) is 11.3 Å². The summed E-state index contributed by atoms with van der Waals surface area (Å²) in [7, 11) is -2.35. The Kier molecular flexibility index (Phi) is 7.21. The first-order chi connectivity index (χ1) is 14.5. The van der Waals surface area contributed by atoms with Crippen molar-refractivity contribution in [2.24, 2.45) is 0 Å². The molecule has 1 amide bonds. The van der Waals surface area contributed by atoms with E-state index in [1.807, 2.05) is 36.4 Å². The highest BCUT2D eigenvalue weighted by Gasteiger charge is 2.26. The molecule has 0 bridgehead atoms. The minimum atomic E-state index is -3.87. The summed E-state index contributed by atoms with van der Waals surface area (Å²) < 4.78 is 32.8. The molecule has 0 aliphatic rings. The number of amides is 1. The number of benzene rings is 3. The highest BCUT2D eigenvalue weighted by Crippen LogP contribution is 2.20. The number of hydrogen-bond acceptors (Lipinski definition) is 4. The molecule has 0 aromatic heterocycles. The van der Waals surface area contributed by atoms with Gasteiger partial charge in [0.05, 0.1) is 18.6 Å². The molecule has 0 heterocycles. The van der Waals surface area contributed by atoms with E-state index in [0.29, 0.717) is 17.9 Å². The van der Waals surface area contributed by atoms with Gasteiger partial charge in [-0.05, 0) is 48.4 Å². The minimum absolute atomic E-state index is 0.115. The van der Waals surface area contributed by atoms with Gasteiger partial charge in [0.2, 0.25) is 15.9 Å². The molecule has 7 heteroatoms. The minimum Gasteiger partial charge on any atom is -0.497 e. The summed E-state index contributed by atoms with van der Waals surface area (Å²) in [6.07, 6.45) is 0.495. The lowest BCUT2D eigenvalue weighted by Crippen LogP contribution is -2.39. The van der Waals surface area contributed by atoms with Gasteiger partial charge in [-0.2, -0.15) is 4.31 Å². The average molecular weight is 425 g/mol. The Morgan fingerprint density at radius 3 is 2.10 bits per heavy atom. The largest absolute Gasteiger partial charge is 0.497 e. The van der Waals surface area contributed by atoms with Crippen LogP contribution in [-0.2, 0) is 21.2 Å². The van der Waals surface area contributed by atoms with Crippen molar-refractivity contribution in [1.82, 2.24) is 4.31 Å². The fourth-order valence-electron chi connectivity index (χ4n) is 2.96. The van der Waals surface area contributed by atoms with Gasteiger partial charge in [0.1, 0.15) is 5.75 Å². The first kappa shape index (κ1) is 21.5. The number of ether oxygens (including phenoxy) is 1. The molecule has 0 fully saturated rings. The van der Waals surface area contributed by atoms with Crippen LogP contribution in [0.4, 0.5) is 5.69 Å². The first-order valence-electron chi connectivity index (χ1n) is 9.52. The third-order valence-corrected chi connectivity index (χ3v) is 6.43. The summed E-state index contributed by atoms with van der Waals surface area (Å²) in [5.74, 6) is 0.165. The van der Waals surface area contributed by atoms with Gasteiger partial charge in [-0.25, -0.2) is 8.42 Å². The molecule has 3 aromatic rings. The summed E-state index contributed by atoms with van der Waals surface area (Å²) in [5.41, 5.74) is 1.61. The Balaban J connectivity index is 1.80. The van der Waals surface area contributed by atoms with E-state index < -0.39 is 15.9 Å². The molecule has 0 radical (unpaired) electrons. The van der Waals surface area contributed by atoms with E-state index in [2.05, 4.69) is 5.32 Å². The Morgan fingerprint density at radius 2 is 1.50 bits per heavy atom. The zero-order valence-corrected chi connectivity index (χ0v) is 17.5. The molecule has 0 atom stereocenters. The summed E-state index contributed by atoms with van der Waals surface area (Å²) in [6, 6.07) is 24.7. The smallest absolute Gasteiger partial charge is 0.243 e. The Labute approximate surface area is 177 Å². The van der Waals surface area contributed by atoms with E-state index in [1.54, 1.807) is 36.4 Å². The van der Waals surface area contributed by atoms with Gasteiger partial charge in [-0.1, -0.05) is 48.5 Å². The van der Waals surface area contributed by atoms with Crippen LogP contribution in [0.25, 0.3) is 0 Å². The predicted molar refractivity (Wildman–Crippen MR) is 117 cm³/mol. The third-order valence-electron chi connectivity index (χ3n) is 4.57. The molecule has 3 aromatic carbocycles. The van der Waals surface area contributed by atoms with Crippen LogP contribution in [0.5, 0.6) is 5.75 Å². The molecule has 0 saturated carbocycles. The second-order valence-corrected chi connectivity index (χ2v) is 8.60. The van der Waals surface area contributed by atoms with Gasteiger partial charge in [-0.15, -0.1) is 0 Å². The molecule has 0 unspecified atom stereocenters. The fourth-order valence-corrected chi connectivity index (χ4v) is 4.36. The number of para-hydroxylation sites is 1. The van der Waals surface area contributed by atoms with E-state index >= 15 is 0 Å². The maximum Gasteiger partial charge on any atom is 0.243 e. The lowest BCUT2D eigenvalue weighted by molar-refractivity contribution is -0.116. The highest BCUT2D eigenvalue weighted by molar-refractivity contribution is 7.89. The van der Waals surface area contributed by atoms with Gasteiger partial charge in [-0.3, -0.25) is 4.79 Å². The maximum atomic E-state index is 13.2. The second kappa shape index (κ2) is 10.0. The highest BCUT2D eigenvalue weighted by atomic mass is 32.2. The zero-order valence-electron chi connectivity index (χ0n) is 16.7. The lowest BCUT2D eigenvalue weighted by Gasteiger charge is -2.22. The van der Waals surface area contributed by atoms with Crippen LogP contribution in [0.1, 0.15) is 5.56 Å². The summed E-state index contributed by atoms with van der Waals surface area (Å²) in [5, 5.41) is 2.75. The van der Waals surface area contributed by atoms with Crippen molar-refractivity contribution in [1.29, 1.82) is 0 Å². The van der Waals surface area contributed by atoms with Gasteiger partial charge in [0, 0.05) is 12.2 Å². The number of hydrogen-bond donors (Lipinski definition) is 1. The normalized spacial score (nSPS) is 11.3. The monoisotopic (exact) mass is 424 g/mol. The van der Waals surface area contributed by atoms with Crippen LogP contribution in [0.2, 0.25) is 0 Å². The molecule has 30 heavy (non-hydrogen) atoms. The van der Waals surface area contributed by atoms with Gasteiger partial charge < -0.3 is 10.1 Å². The second-order valence-electron chi connectivity index (χ2n) is 6.66. The van der Waals surface area contributed by atoms with Crippen molar-refractivity contribution in [3.05, 3.63) is 90.5 Å². The molecule has 3 rings (SSSR count). The van der Waals surface area contributed by atoms with Crippen molar-refractivity contribution in [3.8, 4) is 5.75 Å². The van der Waals surface area contributed by atoms with Crippen molar-refractivity contribution in [2.75, 3.05) is 25.5 Å². The Morgan fingerprint density at radius 1 is 0.900 bits per heavy atom. The quantitative estimate of drug-likeness (QED) is 0.570. The molecule has 0 aliphatic carbocycles. The molecule has 0 spiro atoms. The van der Waals surface area contributed by atoms with Crippen molar-refractivity contribution >= 4 is 21.6 Å². The van der Waals surface area contributed by atoms with E-state index in [1.165, 1.54) is 23.5 Å². The molecule has 0 aliphatic heterocycles. The van der Waals surface area contributed by atoms with Crippen molar-refractivity contribution < 1.29 is 17.9 Å². The van der Waals surface area contributed by atoms with E-state index in [0.717, 1.165) is 5.56 Å². The lowest BCUT2D eigenvalue weighted by atomic mass is 10.1. The number of methoxy groups -OCH3 is 1. The van der Waals surface area contributed by atoms with Crippen LogP contribution < -0.4 is 10.1 Å². The molecular formula is C23H24N2O4S. The van der Waals surface area contributed by atoms with Gasteiger partial charge in [0.25, 0.3) is 0 Å². The van der Waals surface area contributed by atoms with Crippen LogP contribution in [0.15, 0.2) is 89.8 Å². The number of carbonyl (C=O) groups is 1. The number of nitrogens with zero attached hydrogens (tertiary/aromatic N) is 1. The summed E-state index contributed by atoms with van der Waals surface area (Å²) in [6.45, 7) is -0.101. The van der Waals surface area contributed by atoms with E-state index in [9.17, 15) is 13.2 Å². The Bertz CT molecular complexity index is 1050. The van der Waals surface area contributed by atoms with Crippen LogP contribution in [0, 0.1) is 0 Å². The van der Waals surface area contributed by atoms with Crippen LogP contribution in [0.3, 0.4) is 0 Å². The maximum absolute atomic E-state index is 13.2. The molecule has 1 N–H and O–H groups in total. The summed E-state index contributed by atoms with van der Waals surface area (Å²) >= 11 is 0. The van der Waals surface area contributed by atoms with Crippen LogP contribution in [-0.4, -0.2) is 38.8 Å². The van der Waals surface area contributed by atoms with Crippen molar-refractivity contribution in [3.63, 3.8) is 0 Å². The Hall–Kier alpha value is -3.16. The number of carbonyl (C=O) groups excluding carboxylic acids is 1. The molecular weight excluding hydrogens is 400 g/mol. The standard InChI is InChI=1S/C23H24N2O4S/c1-29-21-12-14-22(15-13-21)30(27,28)25(17-16-19-8-4-2-5-9-19)18-23(26)24-20-10-6-3-7-11-20/h2-15H,16-18H2,1H3,(H,24,26). The number of nitrogens with one attached hydrogen (secondary N) is 1. The topological polar surface area (TPSA) is 75.7 Å². The number of rotatable bonds is 9. The summed E-state index contributed by atoms with van der Waals surface area (Å²) in [4.78, 5) is 12.7. The third kappa shape index (κ3) is 5.68. The zero-order chi connectivity index (χ0) is 21.4. The number of anilines is 1. The molecule has 6 nitrogen and oxygen atoms in total.